The summed E-state index contributed by atoms with van der Waals surface area (Å²) in [6, 6.07) is 10.7. The average molecular weight is 661 g/mol. The fourth-order valence-electron chi connectivity index (χ4n) is 5.15. The number of nitrogens with zero attached hydrogens (tertiary/aromatic N) is 2. The molecule has 1 amide bonds. The Hall–Kier alpha value is -5.10. The SMILES string of the molecule is C=CCOC(=O)c1sc(N2C(=O)C(O)=C(C(=O)c3cc4cccc(OC)c4o3)C2c2ccc(OCCC(C)C)c(OCC)c2)nc1C. The first-order chi connectivity index (χ1) is 22.6. The number of aryl methyl sites for hydroxylation is 1. The van der Waals surface area contributed by atoms with Gasteiger partial charge in [0, 0.05) is 5.39 Å². The third kappa shape index (κ3) is 6.59. The van der Waals surface area contributed by atoms with Crippen molar-refractivity contribution in [2.24, 2.45) is 5.92 Å². The second-order valence-electron chi connectivity index (χ2n) is 11.1. The molecular formula is C35H36N2O9S. The Morgan fingerprint density at radius 3 is 2.64 bits per heavy atom. The van der Waals surface area contributed by atoms with Crippen molar-refractivity contribution in [2.75, 3.05) is 31.8 Å². The van der Waals surface area contributed by atoms with Crippen molar-refractivity contribution in [1.82, 2.24) is 4.98 Å². The topological polar surface area (TPSA) is 138 Å². The maximum atomic E-state index is 14.2. The van der Waals surface area contributed by atoms with Crippen LogP contribution in [0.15, 0.2) is 70.9 Å². The molecule has 0 saturated heterocycles. The van der Waals surface area contributed by atoms with Gasteiger partial charge in [-0.05, 0) is 56.0 Å². The zero-order valence-corrected chi connectivity index (χ0v) is 27.6. The van der Waals surface area contributed by atoms with Crippen molar-refractivity contribution in [3.63, 3.8) is 0 Å². The fourth-order valence-corrected chi connectivity index (χ4v) is 6.14. The number of carbonyl (C=O) groups is 3. The number of amides is 1. The van der Waals surface area contributed by atoms with E-state index in [1.54, 1.807) is 43.3 Å². The smallest absolute Gasteiger partial charge is 0.350 e. The molecule has 0 radical (unpaired) electrons. The number of fused-ring (bicyclic) bond motifs is 1. The first-order valence-corrected chi connectivity index (χ1v) is 15.9. The molecule has 3 heterocycles. The largest absolute Gasteiger partial charge is 0.503 e. The van der Waals surface area contributed by atoms with E-state index in [-0.39, 0.29) is 27.9 Å². The van der Waals surface area contributed by atoms with E-state index < -0.39 is 29.5 Å². The fraction of sp³-hybridized carbons (Fsp3) is 0.314. The van der Waals surface area contributed by atoms with E-state index in [0.29, 0.717) is 58.6 Å². The summed E-state index contributed by atoms with van der Waals surface area (Å²) in [4.78, 5) is 46.7. The van der Waals surface area contributed by atoms with Gasteiger partial charge in [-0.15, -0.1) is 0 Å². The molecule has 47 heavy (non-hydrogen) atoms. The normalized spacial score (nSPS) is 14.6. The van der Waals surface area contributed by atoms with Gasteiger partial charge < -0.3 is 28.5 Å². The van der Waals surface area contributed by atoms with E-state index in [9.17, 15) is 19.5 Å². The number of aliphatic hydroxyl groups excluding tert-OH is 1. The second kappa shape index (κ2) is 14.1. The molecule has 1 unspecified atom stereocenters. The van der Waals surface area contributed by atoms with Crippen LogP contribution in [-0.2, 0) is 9.53 Å². The van der Waals surface area contributed by atoms with Gasteiger partial charge in [0.2, 0.25) is 5.78 Å². The zero-order chi connectivity index (χ0) is 33.8. The zero-order valence-electron chi connectivity index (χ0n) is 26.8. The molecule has 246 valence electrons. The number of benzene rings is 2. The van der Waals surface area contributed by atoms with Crippen LogP contribution in [0.5, 0.6) is 17.2 Å². The van der Waals surface area contributed by atoms with Gasteiger partial charge in [0.15, 0.2) is 39.5 Å². The molecule has 1 aliphatic rings. The molecule has 2 aromatic heterocycles. The standard InChI is InChI=1S/C35H36N2O9S/c1-7-15-45-34(41)32-20(5)36-35(47-32)37-28(21-12-13-23(25(17-21)43-8-2)44-16-14-19(3)4)27(30(39)33(37)40)29(38)26-18-22-10-9-11-24(42-6)31(22)46-26/h7,9-13,17-19,28,39H,1,8,14-16H2,2-6H3. The highest BCUT2D eigenvalue weighted by atomic mass is 32.1. The minimum absolute atomic E-state index is 0.00809. The van der Waals surface area contributed by atoms with Gasteiger partial charge in [0.05, 0.1) is 37.6 Å². The Bertz CT molecular complexity index is 1870. The summed E-state index contributed by atoms with van der Waals surface area (Å²) < 4.78 is 28.5. The number of furan rings is 1. The van der Waals surface area contributed by atoms with Crippen molar-refractivity contribution in [3.05, 3.63) is 88.3 Å². The lowest BCUT2D eigenvalue weighted by atomic mass is 9.95. The summed E-state index contributed by atoms with van der Waals surface area (Å²) in [5.74, 6) is -1.35. The van der Waals surface area contributed by atoms with Gasteiger partial charge in [-0.25, -0.2) is 9.78 Å². The van der Waals surface area contributed by atoms with E-state index in [1.807, 2.05) is 6.92 Å². The molecule has 0 fully saturated rings. The molecular weight excluding hydrogens is 624 g/mol. The van der Waals surface area contributed by atoms with Crippen LogP contribution in [0.1, 0.15) is 64.7 Å². The van der Waals surface area contributed by atoms with Gasteiger partial charge in [0.25, 0.3) is 5.91 Å². The average Bonchev–Trinajstić information content (AvgIpc) is 3.73. The van der Waals surface area contributed by atoms with Crippen molar-refractivity contribution in [2.45, 2.75) is 40.2 Å². The first-order valence-electron chi connectivity index (χ1n) is 15.1. The number of rotatable bonds is 14. The highest BCUT2D eigenvalue weighted by Gasteiger charge is 2.47. The van der Waals surface area contributed by atoms with Crippen LogP contribution < -0.4 is 19.1 Å². The van der Waals surface area contributed by atoms with E-state index in [4.69, 9.17) is 23.4 Å². The van der Waals surface area contributed by atoms with Crippen LogP contribution in [0.3, 0.4) is 0 Å². The molecule has 0 saturated carbocycles. The quantitative estimate of drug-likeness (QED) is 0.0843. The molecule has 0 aliphatic carbocycles. The maximum absolute atomic E-state index is 14.2. The molecule has 11 nitrogen and oxygen atoms in total. The maximum Gasteiger partial charge on any atom is 0.350 e. The van der Waals surface area contributed by atoms with Crippen LogP contribution in [-0.4, -0.2) is 54.7 Å². The number of ketones is 1. The number of aliphatic hydroxyl groups is 1. The second-order valence-corrected chi connectivity index (χ2v) is 12.1. The Labute approximate surface area is 276 Å². The van der Waals surface area contributed by atoms with E-state index >= 15 is 0 Å². The molecule has 12 heteroatoms. The van der Waals surface area contributed by atoms with Crippen molar-refractivity contribution >= 4 is 45.1 Å². The van der Waals surface area contributed by atoms with Crippen LogP contribution >= 0.6 is 11.3 Å². The van der Waals surface area contributed by atoms with Gasteiger partial charge in [0.1, 0.15) is 11.5 Å². The summed E-state index contributed by atoms with van der Waals surface area (Å²) in [5.41, 5.74) is 0.865. The molecule has 1 N–H and O–H groups in total. The van der Waals surface area contributed by atoms with Crippen LogP contribution in [0, 0.1) is 12.8 Å². The number of aromatic nitrogens is 1. The van der Waals surface area contributed by atoms with Gasteiger partial charge in [-0.2, -0.15) is 0 Å². The van der Waals surface area contributed by atoms with Crippen LogP contribution in [0.2, 0.25) is 0 Å². The first kappa shape index (κ1) is 33.3. The third-order valence-electron chi connectivity index (χ3n) is 7.45. The number of hydrogen-bond donors (Lipinski definition) is 1. The van der Waals surface area contributed by atoms with E-state index in [1.165, 1.54) is 24.2 Å². The van der Waals surface area contributed by atoms with Crippen molar-refractivity contribution in [1.29, 1.82) is 0 Å². The highest BCUT2D eigenvalue weighted by molar-refractivity contribution is 7.17. The Balaban J connectivity index is 1.63. The summed E-state index contributed by atoms with van der Waals surface area (Å²) in [5, 5.41) is 12.0. The monoisotopic (exact) mass is 660 g/mol. The lowest BCUT2D eigenvalue weighted by Crippen LogP contribution is -2.31. The van der Waals surface area contributed by atoms with Gasteiger partial charge in [-0.1, -0.05) is 56.0 Å². The van der Waals surface area contributed by atoms with Gasteiger partial charge in [-0.3, -0.25) is 14.5 Å². The number of esters is 1. The summed E-state index contributed by atoms with van der Waals surface area (Å²) in [6.07, 6.45) is 2.27. The molecule has 2 aromatic carbocycles. The molecule has 1 aliphatic heterocycles. The molecule has 0 spiro atoms. The molecule has 5 rings (SSSR count). The third-order valence-corrected chi connectivity index (χ3v) is 8.59. The summed E-state index contributed by atoms with van der Waals surface area (Å²) >= 11 is 0.909. The minimum atomic E-state index is -1.17. The molecule has 1 atom stereocenters. The van der Waals surface area contributed by atoms with Crippen LogP contribution in [0.25, 0.3) is 11.0 Å². The predicted octanol–water partition coefficient (Wildman–Crippen LogP) is 7.16. The number of methoxy groups -OCH3 is 1. The predicted molar refractivity (Wildman–Crippen MR) is 177 cm³/mol. The number of ether oxygens (including phenoxy) is 4. The Kier molecular flexibility index (Phi) is 10.00. The van der Waals surface area contributed by atoms with Gasteiger partial charge >= 0.3 is 5.97 Å². The van der Waals surface area contributed by atoms with Crippen molar-refractivity contribution < 1.29 is 42.9 Å². The number of anilines is 1. The van der Waals surface area contributed by atoms with E-state index in [0.717, 1.165) is 17.8 Å². The number of para-hydroxylation sites is 1. The van der Waals surface area contributed by atoms with E-state index in [2.05, 4.69) is 25.4 Å². The van der Waals surface area contributed by atoms with Crippen molar-refractivity contribution in [3.8, 4) is 17.2 Å². The Morgan fingerprint density at radius 2 is 1.94 bits per heavy atom. The minimum Gasteiger partial charge on any atom is -0.503 e. The molecule has 4 aromatic rings. The number of carbonyl (C=O) groups excluding carboxylic acids is 3. The summed E-state index contributed by atoms with van der Waals surface area (Å²) in [6.45, 7) is 12.0. The molecule has 0 bridgehead atoms. The number of thiazole rings is 1. The number of hydrogen-bond acceptors (Lipinski definition) is 11. The summed E-state index contributed by atoms with van der Waals surface area (Å²) in [7, 11) is 1.49. The lowest BCUT2D eigenvalue weighted by molar-refractivity contribution is -0.117. The van der Waals surface area contributed by atoms with Crippen LogP contribution in [0.4, 0.5) is 5.13 Å². The highest BCUT2D eigenvalue weighted by Crippen LogP contribution is 2.46. The Morgan fingerprint density at radius 1 is 1.15 bits per heavy atom. The lowest BCUT2D eigenvalue weighted by Gasteiger charge is -2.25. The number of Topliss-reactive ketones (excluding diaryl/α,β-unsaturated/α-hetero) is 1.